The van der Waals surface area contributed by atoms with E-state index in [2.05, 4.69) is 60.7 Å². The molecule has 3 aliphatic rings. The van der Waals surface area contributed by atoms with Crippen LogP contribution in [-0.2, 0) is 33.0 Å². The summed E-state index contributed by atoms with van der Waals surface area (Å²) in [6, 6.07) is 34.6. The van der Waals surface area contributed by atoms with E-state index in [4.69, 9.17) is 9.47 Å². The van der Waals surface area contributed by atoms with E-state index in [1.807, 2.05) is 93.5 Å². The molecule has 0 saturated carbocycles. The number of para-hydroxylation sites is 1. The maximum Gasteiger partial charge on any atom is 0.264 e. The first-order valence-corrected chi connectivity index (χ1v) is 23.9. The number of amides is 2. The molecule has 1 unspecified atom stereocenters. The predicted octanol–water partition coefficient (Wildman–Crippen LogP) is 7.56. The van der Waals surface area contributed by atoms with Crippen molar-refractivity contribution >= 4 is 36.4 Å². The van der Waals surface area contributed by atoms with E-state index in [1.165, 1.54) is 5.19 Å². The number of carbonyl (C=O) groups is 2. The molecule has 2 amide bonds. The van der Waals surface area contributed by atoms with Gasteiger partial charge in [-0.1, -0.05) is 116 Å². The van der Waals surface area contributed by atoms with Crippen LogP contribution in [0.1, 0.15) is 73.8 Å². The van der Waals surface area contributed by atoms with Crippen LogP contribution in [0, 0.1) is 5.92 Å². The molecule has 5 aromatic rings. The number of carbonyl (C=O) groups excluding carboxylic acids is 2. The molecular weight excluding hydrogens is 743 g/mol. The number of anilines is 2. The summed E-state index contributed by atoms with van der Waals surface area (Å²) in [5.41, 5.74) is 4.23. The first-order chi connectivity index (χ1) is 28.1. The lowest BCUT2D eigenvalue weighted by Gasteiger charge is -2.37. The molecule has 10 nitrogen and oxygen atoms in total. The van der Waals surface area contributed by atoms with Gasteiger partial charge in [0.2, 0.25) is 5.91 Å². The Labute approximate surface area is 342 Å². The van der Waals surface area contributed by atoms with Gasteiger partial charge < -0.3 is 24.4 Å². The maximum atomic E-state index is 15.4. The van der Waals surface area contributed by atoms with Gasteiger partial charge in [0.05, 0.1) is 51.7 Å². The zero-order valence-corrected chi connectivity index (χ0v) is 35.1. The van der Waals surface area contributed by atoms with Crippen molar-refractivity contribution < 1.29 is 24.2 Å². The summed E-state index contributed by atoms with van der Waals surface area (Å²) in [4.78, 5) is 32.4. The van der Waals surface area contributed by atoms with E-state index in [-0.39, 0.29) is 41.9 Å². The van der Waals surface area contributed by atoms with Crippen molar-refractivity contribution in [3.05, 3.63) is 132 Å². The highest BCUT2D eigenvalue weighted by Crippen LogP contribution is 2.60. The highest BCUT2D eigenvalue weighted by Gasteiger charge is 2.66. The SMILES string of the molecule is COc1ccc([Si](C)(C)[C@H]2[C@H](CCn3cc(C(CO)c4ccccc4)nn3)O[C@@]3(C(=O)N(Cc4cccc(N5CCCCCCC5=O)c4)c4ccccc43)[C@@H]2C)cc1. The average molecular weight is 798 g/mol. The minimum absolute atomic E-state index is 0.0438. The number of nitrogens with zero attached hydrogens (tertiary/aromatic N) is 5. The number of hydrogen-bond donors (Lipinski definition) is 1. The second kappa shape index (κ2) is 16.6. The van der Waals surface area contributed by atoms with Gasteiger partial charge in [-0.25, -0.2) is 0 Å². The minimum Gasteiger partial charge on any atom is -0.497 e. The largest absolute Gasteiger partial charge is 0.497 e. The summed E-state index contributed by atoms with van der Waals surface area (Å²) in [6.07, 6.45) is 6.99. The monoisotopic (exact) mass is 797 g/mol. The number of fused-ring (bicyclic) bond motifs is 2. The fourth-order valence-corrected chi connectivity index (χ4v) is 14.1. The number of rotatable bonds is 12. The lowest BCUT2D eigenvalue weighted by atomic mass is 9.82. The lowest BCUT2D eigenvalue weighted by molar-refractivity contribution is -0.146. The Morgan fingerprint density at radius 2 is 1.69 bits per heavy atom. The van der Waals surface area contributed by atoms with Crippen LogP contribution in [0.25, 0.3) is 0 Å². The van der Waals surface area contributed by atoms with Crippen LogP contribution in [0.3, 0.4) is 0 Å². The summed E-state index contributed by atoms with van der Waals surface area (Å²) >= 11 is 0. The third kappa shape index (κ3) is 7.28. The number of aromatic nitrogens is 3. The standard InChI is InChI=1S/C47H55N5O5Si/c1-33-45(58(3,4)38-24-22-37(56-2)23-25-38)43(26-28-50-31-41(48-49-50)39(32-53)35-16-8-7-9-17-35)57-47(33)40-19-11-12-20-42(40)52(46(47)55)30-34-15-14-18-36(29-34)51-27-13-6-5-10-21-44(51)54/h7-9,11-12,14-20,22-25,29,31,33,39,43,45,53H,5-6,10,13,21,26-28,30,32H2,1-4H3/t33-,39?,43+,45-,47+/m1/s1. The summed E-state index contributed by atoms with van der Waals surface area (Å²) in [5, 5.41) is 20.6. The van der Waals surface area contributed by atoms with Crippen LogP contribution in [0.2, 0.25) is 18.6 Å². The fourth-order valence-electron chi connectivity index (χ4n) is 10.0. The molecule has 3 aliphatic heterocycles. The van der Waals surface area contributed by atoms with Gasteiger partial charge in [0.1, 0.15) is 5.75 Å². The molecule has 2 fully saturated rings. The van der Waals surface area contributed by atoms with E-state index in [0.29, 0.717) is 38.2 Å². The normalized spacial score (nSPS) is 22.9. The summed E-state index contributed by atoms with van der Waals surface area (Å²) in [7, 11) is -0.674. The van der Waals surface area contributed by atoms with Crippen molar-refractivity contribution in [3.8, 4) is 5.75 Å². The molecule has 0 bridgehead atoms. The topological polar surface area (TPSA) is 110 Å². The minimum atomic E-state index is -2.36. The zero-order chi connectivity index (χ0) is 40.4. The number of aliphatic hydroxyl groups excluding tert-OH is 1. The number of hydrogen-bond acceptors (Lipinski definition) is 7. The van der Waals surface area contributed by atoms with Gasteiger partial charge in [-0.05, 0) is 66.3 Å². The molecule has 1 spiro atoms. The second-order valence-electron chi connectivity index (χ2n) is 16.8. The van der Waals surface area contributed by atoms with E-state index in [0.717, 1.165) is 59.5 Å². The Hall–Kier alpha value is -5.10. The van der Waals surface area contributed by atoms with Crippen molar-refractivity contribution in [2.45, 2.75) is 94.8 Å². The van der Waals surface area contributed by atoms with Gasteiger partial charge in [0.15, 0.2) is 5.60 Å². The van der Waals surface area contributed by atoms with Crippen molar-refractivity contribution in [2.75, 3.05) is 30.1 Å². The van der Waals surface area contributed by atoms with Gasteiger partial charge >= 0.3 is 0 Å². The molecule has 1 N–H and O–H groups in total. The molecule has 1 aromatic heterocycles. The number of benzene rings is 4. The Morgan fingerprint density at radius 3 is 2.47 bits per heavy atom. The van der Waals surface area contributed by atoms with E-state index in [1.54, 1.807) is 7.11 Å². The highest BCUT2D eigenvalue weighted by atomic mass is 28.3. The van der Waals surface area contributed by atoms with Crippen LogP contribution in [0.15, 0.2) is 109 Å². The molecule has 2 saturated heterocycles. The summed E-state index contributed by atoms with van der Waals surface area (Å²) in [5.74, 6) is 0.514. The molecule has 302 valence electrons. The van der Waals surface area contributed by atoms with E-state index < -0.39 is 13.7 Å². The first kappa shape index (κ1) is 39.7. The quantitative estimate of drug-likeness (QED) is 0.130. The Balaban J connectivity index is 1.12. The van der Waals surface area contributed by atoms with Crippen LogP contribution >= 0.6 is 0 Å². The van der Waals surface area contributed by atoms with Crippen LogP contribution in [0.5, 0.6) is 5.75 Å². The van der Waals surface area contributed by atoms with Gasteiger partial charge in [-0.15, -0.1) is 5.10 Å². The Bertz CT molecular complexity index is 2230. The zero-order valence-electron chi connectivity index (χ0n) is 34.1. The molecule has 8 rings (SSSR count). The maximum absolute atomic E-state index is 15.4. The Kier molecular flexibility index (Phi) is 11.4. The first-order valence-electron chi connectivity index (χ1n) is 20.8. The lowest BCUT2D eigenvalue weighted by Crippen LogP contribution is -2.51. The van der Waals surface area contributed by atoms with Gasteiger partial charge in [-0.3, -0.25) is 14.3 Å². The smallest absolute Gasteiger partial charge is 0.264 e. The third-order valence-electron chi connectivity index (χ3n) is 13.1. The highest BCUT2D eigenvalue weighted by molar-refractivity contribution is 6.91. The fraction of sp³-hybridized carbons (Fsp3) is 0.404. The predicted molar refractivity (Wildman–Crippen MR) is 229 cm³/mol. The molecule has 0 radical (unpaired) electrons. The van der Waals surface area contributed by atoms with Gasteiger partial charge in [0, 0.05) is 42.9 Å². The summed E-state index contributed by atoms with van der Waals surface area (Å²) in [6.45, 7) is 8.55. The van der Waals surface area contributed by atoms with Gasteiger partial charge in [-0.2, -0.15) is 0 Å². The molecular formula is C47H55N5O5Si. The van der Waals surface area contributed by atoms with E-state index in [9.17, 15) is 9.90 Å². The average Bonchev–Trinajstić information content (AvgIpc) is 3.89. The third-order valence-corrected chi connectivity index (χ3v) is 17.4. The number of ether oxygens (including phenoxy) is 2. The molecule has 11 heteroatoms. The van der Waals surface area contributed by atoms with Crippen LogP contribution < -0.4 is 19.7 Å². The van der Waals surface area contributed by atoms with Gasteiger partial charge in [0.25, 0.3) is 5.91 Å². The second-order valence-corrected chi connectivity index (χ2v) is 21.5. The summed E-state index contributed by atoms with van der Waals surface area (Å²) < 4.78 is 14.8. The van der Waals surface area contributed by atoms with Crippen LogP contribution in [-0.4, -0.2) is 66.4 Å². The molecule has 4 aromatic carbocycles. The molecule has 4 heterocycles. The molecule has 0 aliphatic carbocycles. The number of aliphatic hydroxyl groups is 1. The van der Waals surface area contributed by atoms with Crippen molar-refractivity contribution in [1.82, 2.24) is 15.0 Å². The van der Waals surface area contributed by atoms with Crippen molar-refractivity contribution in [1.29, 1.82) is 0 Å². The van der Waals surface area contributed by atoms with Crippen LogP contribution in [0.4, 0.5) is 11.4 Å². The molecule has 58 heavy (non-hydrogen) atoms. The number of methoxy groups -OCH3 is 1. The number of aryl methyl sites for hydroxylation is 1. The molecule has 5 atom stereocenters. The van der Waals surface area contributed by atoms with Crippen molar-refractivity contribution in [3.63, 3.8) is 0 Å². The Morgan fingerprint density at radius 1 is 0.931 bits per heavy atom. The van der Waals surface area contributed by atoms with E-state index >= 15 is 4.79 Å². The van der Waals surface area contributed by atoms with Crippen molar-refractivity contribution in [2.24, 2.45) is 5.92 Å².